The molecule has 0 aliphatic heterocycles. The van der Waals surface area contributed by atoms with Gasteiger partial charge in [-0.25, -0.2) is 4.98 Å². The lowest BCUT2D eigenvalue weighted by Crippen LogP contribution is -2.38. The van der Waals surface area contributed by atoms with E-state index in [0.29, 0.717) is 35.4 Å². The van der Waals surface area contributed by atoms with Crippen LogP contribution in [-0.2, 0) is 11.3 Å². The molecule has 4 rings (SSSR count). The fourth-order valence-corrected chi connectivity index (χ4v) is 4.65. The number of hydrogen-bond donors (Lipinski definition) is 2. The van der Waals surface area contributed by atoms with E-state index in [2.05, 4.69) is 9.88 Å². The number of aliphatic hydroxyl groups is 1. The maximum absolute atomic E-state index is 12.9. The number of hydrogen-bond acceptors (Lipinski definition) is 6. The van der Waals surface area contributed by atoms with Gasteiger partial charge in [-0.15, -0.1) is 11.3 Å². The third kappa shape index (κ3) is 5.73. The van der Waals surface area contributed by atoms with Crippen molar-refractivity contribution in [3.63, 3.8) is 0 Å². The molecule has 1 aromatic carbocycles. The zero-order valence-electron chi connectivity index (χ0n) is 18.0. The van der Waals surface area contributed by atoms with Crippen molar-refractivity contribution in [3.05, 3.63) is 50.8 Å². The van der Waals surface area contributed by atoms with Crippen LogP contribution in [0.3, 0.4) is 0 Å². The number of rotatable bonds is 8. The van der Waals surface area contributed by atoms with Crippen molar-refractivity contribution in [1.29, 1.82) is 0 Å². The number of benzene rings is 1. The summed E-state index contributed by atoms with van der Waals surface area (Å²) in [6.45, 7) is 7.19. The molecule has 0 bridgehead atoms. The van der Waals surface area contributed by atoms with Crippen LogP contribution in [-0.4, -0.2) is 50.9 Å². The summed E-state index contributed by atoms with van der Waals surface area (Å²) in [6, 6.07) is 7.87. The molecular weight excluding hydrogens is 434 g/mol. The van der Waals surface area contributed by atoms with Crippen LogP contribution in [0.5, 0.6) is 0 Å². The second kappa shape index (κ2) is 9.00. The summed E-state index contributed by atoms with van der Waals surface area (Å²) in [6.07, 6.45) is 1.60. The summed E-state index contributed by atoms with van der Waals surface area (Å²) in [5, 5.41) is 13.7. The molecule has 0 spiro atoms. The molecule has 1 saturated carbocycles. The minimum Gasteiger partial charge on any atom is -0.389 e. The number of ether oxygens (including phenoxy) is 1. The topological polar surface area (TPSA) is 78.5 Å². The lowest BCUT2D eigenvalue weighted by Gasteiger charge is -2.27. The van der Waals surface area contributed by atoms with Gasteiger partial charge < -0.3 is 14.8 Å². The smallest absolute Gasteiger partial charge is 0.260 e. The van der Waals surface area contributed by atoms with E-state index in [9.17, 15) is 9.90 Å². The Kier molecular flexibility index (Phi) is 6.51. The Bertz CT molecular complexity index is 1100. The predicted octanol–water partition coefficient (Wildman–Crippen LogP) is 4.45. The average Bonchev–Trinajstić information content (AvgIpc) is 3.46. The van der Waals surface area contributed by atoms with E-state index in [1.807, 2.05) is 50.4 Å². The highest BCUT2D eigenvalue weighted by atomic mass is 35.5. The highest BCUT2D eigenvalue weighted by molar-refractivity contribution is 7.17. The fraction of sp³-hybridized carbons (Fsp3) is 0.478. The van der Waals surface area contributed by atoms with Gasteiger partial charge in [0.25, 0.3) is 5.56 Å². The van der Waals surface area contributed by atoms with Gasteiger partial charge in [0, 0.05) is 28.6 Å². The maximum atomic E-state index is 12.9. The summed E-state index contributed by atoms with van der Waals surface area (Å²) >= 11 is 7.46. The van der Waals surface area contributed by atoms with Crippen molar-refractivity contribution in [2.45, 2.75) is 57.9 Å². The minimum atomic E-state index is -0.589. The second-order valence-electron chi connectivity index (χ2n) is 9.09. The van der Waals surface area contributed by atoms with Gasteiger partial charge in [0.15, 0.2) is 0 Å². The Morgan fingerprint density at radius 3 is 2.68 bits per heavy atom. The molecule has 8 heteroatoms. The quantitative estimate of drug-likeness (QED) is 0.518. The molecule has 166 valence electrons. The first kappa shape index (κ1) is 22.4. The summed E-state index contributed by atoms with van der Waals surface area (Å²) in [5.74, 6) is 0.623. The van der Waals surface area contributed by atoms with Gasteiger partial charge in [-0.2, -0.15) is 0 Å². The molecule has 0 amide bonds. The maximum Gasteiger partial charge on any atom is 0.260 e. The molecule has 6 nitrogen and oxygen atoms in total. The first-order valence-electron chi connectivity index (χ1n) is 10.5. The number of aromatic amines is 1. The van der Waals surface area contributed by atoms with Crippen molar-refractivity contribution in [2.24, 2.45) is 0 Å². The number of fused-ring (bicyclic) bond motifs is 1. The van der Waals surface area contributed by atoms with E-state index in [4.69, 9.17) is 21.3 Å². The normalized spacial score (nSPS) is 15.7. The van der Waals surface area contributed by atoms with Gasteiger partial charge in [-0.3, -0.25) is 9.69 Å². The molecule has 1 fully saturated rings. The number of halogens is 1. The monoisotopic (exact) mass is 461 g/mol. The lowest BCUT2D eigenvalue weighted by molar-refractivity contribution is -0.0574. The SMILES string of the molecule is CC(C)(C)OCC(O)CN(Cc1nc2scc(-c3ccc(Cl)cc3)c2c(=O)[nH]1)C1CC1. The van der Waals surface area contributed by atoms with Crippen LogP contribution in [0.4, 0.5) is 0 Å². The summed E-state index contributed by atoms with van der Waals surface area (Å²) in [4.78, 5) is 23.5. The Hall–Kier alpha value is -1.77. The van der Waals surface area contributed by atoms with Crippen LogP contribution in [0.1, 0.15) is 39.4 Å². The van der Waals surface area contributed by atoms with Crippen LogP contribution in [0, 0.1) is 0 Å². The first-order valence-corrected chi connectivity index (χ1v) is 11.8. The molecule has 1 atom stereocenters. The molecule has 2 heterocycles. The van der Waals surface area contributed by atoms with Crippen LogP contribution in [0.2, 0.25) is 5.02 Å². The molecule has 2 aromatic heterocycles. The molecule has 2 N–H and O–H groups in total. The number of nitrogens with zero attached hydrogens (tertiary/aromatic N) is 2. The van der Waals surface area contributed by atoms with E-state index < -0.39 is 6.10 Å². The van der Waals surface area contributed by atoms with Crippen LogP contribution >= 0.6 is 22.9 Å². The minimum absolute atomic E-state index is 0.140. The van der Waals surface area contributed by atoms with Crippen molar-refractivity contribution >= 4 is 33.2 Å². The Balaban J connectivity index is 1.52. The Morgan fingerprint density at radius 2 is 2.03 bits per heavy atom. The summed E-state index contributed by atoms with van der Waals surface area (Å²) < 4.78 is 5.71. The van der Waals surface area contributed by atoms with E-state index in [-0.39, 0.29) is 17.8 Å². The summed E-state index contributed by atoms with van der Waals surface area (Å²) in [5.41, 5.74) is 1.38. The van der Waals surface area contributed by atoms with Crippen molar-refractivity contribution in [1.82, 2.24) is 14.9 Å². The highest BCUT2D eigenvalue weighted by Crippen LogP contribution is 2.32. The third-order valence-corrected chi connectivity index (χ3v) is 6.34. The Morgan fingerprint density at radius 1 is 1.32 bits per heavy atom. The molecule has 3 aromatic rings. The van der Waals surface area contributed by atoms with Gasteiger partial charge in [0.1, 0.15) is 10.7 Å². The highest BCUT2D eigenvalue weighted by Gasteiger charge is 2.31. The second-order valence-corrected chi connectivity index (χ2v) is 10.4. The fourth-order valence-electron chi connectivity index (χ4n) is 3.55. The van der Waals surface area contributed by atoms with Crippen LogP contribution in [0.15, 0.2) is 34.4 Å². The van der Waals surface area contributed by atoms with Gasteiger partial charge >= 0.3 is 0 Å². The number of H-pyrrole nitrogens is 1. The van der Waals surface area contributed by atoms with Gasteiger partial charge in [0.2, 0.25) is 0 Å². The van der Waals surface area contributed by atoms with E-state index in [0.717, 1.165) is 28.8 Å². The van der Waals surface area contributed by atoms with Crippen molar-refractivity contribution in [2.75, 3.05) is 13.2 Å². The molecule has 1 aliphatic rings. The zero-order valence-corrected chi connectivity index (χ0v) is 19.6. The third-order valence-electron chi connectivity index (χ3n) is 5.22. The number of thiophene rings is 1. The summed E-state index contributed by atoms with van der Waals surface area (Å²) in [7, 11) is 0. The molecule has 31 heavy (non-hydrogen) atoms. The average molecular weight is 462 g/mol. The van der Waals surface area contributed by atoms with Crippen molar-refractivity contribution in [3.8, 4) is 11.1 Å². The van der Waals surface area contributed by atoms with Crippen molar-refractivity contribution < 1.29 is 9.84 Å². The lowest BCUT2D eigenvalue weighted by atomic mass is 10.1. The molecule has 1 unspecified atom stereocenters. The largest absolute Gasteiger partial charge is 0.389 e. The molecule has 0 radical (unpaired) electrons. The predicted molar refractivity (Wildman–Crippen MR) is 126 cm³/mol. The van der Waals surface area contributed by atoms with Crippen LogP contribution in [0.25, 0.3) is 21.3 Å². The molecule has 1 aliphatic carbocycles. The number of aromatic nitrogens is 2. The van der Waals surface area contributed by atoms with E-state index in [1.165, 1.54) is 11.3 Å². The van der Waals surface area contributed by atoms with Gasteiger partial charge in [-0.1, -0.05) is 23.7 Å². The first-order chi connectivity index (χ1) is 14.7. The molecule has 0 saturated heterocycles. The number of nitrogens with one attached hydrogen (secondary N) is 1. The van der Waals surface area contributed by atoms with Crippen LogP contribution < -0.4 is 5.56 Å². The molecular formula is C23H28ClN3O3S. The Labute approximate surface area is 190 Å². The standard InChI is InChI=1S/C23H28ClN3O3S/c1-23(2,3)30-12-17(28)10-27(16-8-9-16)11-19-25-21(29)20-18(13-31-22(20)26-19)14-4-6-15(24)7-5-14/h4-7,13,16-17,28H,8-12H2,1-3H3,(H,25,26,29). The number of aliphatic hydroxyl groups excluding tert-OH is 1. The zero-order chi connectivity index (χ0) is 22.2. The van der Waals surface area contributed by atoms with E-state index in [1.54, 1.807) is 0 Å². The van der Waals surface area contributed by atoms with Gasteiger partial charge in [0.05, 0.1) is 30.2 Å². The van der Waals surface area contributed by atoms with E-state index >= 15 is 0 Å². The van der Waals surface area contributed by atoms with Gasteiger partial charge in [-0.05, 0) is 51.3 Å².